The summed E-state index contributed by atoms with van der Waals surface area (Å²) in [5, 5.41) is 1.21. The Morgan fingerprint density at radius 3 is 2.62 bits per heavy atom. The van der Waals surface area contributed by atoms with Crippen molar-refractivity contribution in [2.75, 3.05) is 4.90 Å². The quantitative estimate of drug-likeness (QED) is 0.332. The van der Waals surface area contributed by atoms with Gasteiger partial charge in [-0.2, -0.15) is 0 Å². The van der Waals surface area contributed by atoms with E-state index in [2.05, 4.69) is 80.1 Å². The Morgan fingerprint density at radius 1 is 0.824 bits per heavy atom. The number of hydrogen-bond acceptors (Lipinski definition) is 5. The van der Waals surface area contributed by atoms with Crippen molar-refractivity contribution >= 4 is 33.4 Å². The largest absolute Gasteiger partial charge is 0.351 e. The lowest BCUT2D eigenvalue weighted by Gasteiger charge is -2.25. The molecule has 0 atom stereocenters. The van der Waals surface area contributed by atoms with Gasteiger partial charge in [0.25, 0.3) is 0 Å². The molecule has 0 spiro atoms. The highest BCUT2D eigenvalue weighted by Crippen LogP contribution is 2.36. The first-order valence-corrected chi connectivity index (χ1v) is 11.1. The Balaban J connectivity index is 1.56. The van der Waals surface area contributed by atoms with E-state index < -0.39 is 0 Å². The number of pyridine rings is 2. The summed E-state index contributed by atoms with van der Waals surface area (Å²) in [6, 6.07) is 22.9. The van der Waals surface area contributed by atoms with Crippen molar-refractivity contribution < 1.29 is 0 Å². The van der Waals surface area contributed by atoms with Crippen molar-refractivity contribution in [3.05, 3.63) is 109 Å². The summed E-state index contributed by atoms with van der Waals surface area (Å²) < 4.78 is 2.14. The van der Waals surface area contributed by atoms with Gasteiger partial charge in [0, 0.05) is 61.0 Å². The molecule has 0 aliphatic rings. The topological polar surface area (TPSA) is 59.7 Å². The summed E-state index contributed by atoms with van der Waals surface area (Å²) in [5.41, 5.74) is 7.13. The molecule has 0 aliphatic heterocycles. The van der Waals surface area contributed by atoms with Crippen LogP contribution in [0.5, 0.6) is 0 Å². The van der Waals surface area contributed by atoms with Gasteiger partial charge in [-0.3, -0.25) is 15.0 Å². The average molecular weight is 443 g/mol. The van der Waals surface area contributed by atoms with E-state index in [4.69, 9.17) is 4.98 Å². The van der Waals surface area contributed by atoms with Crippen LogP contribution >= 0.6 is 0 Å². The molecule has 0 saturated carbocycles. The molecule has 4 aromatic heterocycles. The van der Waals surface area contributed by atoms with Crippen LogP contribution in [-0.4, -0.2) is 24.5 Å². The predicted octanol–water partition coefficient (Wildman–Crippen LogP) is 5.92. The first-order valence-electron chi connectivity index (χ1n) is 11.1. The third-order valence-electron chi connectivity index (χ3n) is 6.06. The van der Waals surface area contributed by atoms with Gasteiger partial charge in [0.15, 0.2) is 0 Å². The van der Waals surface area contributed by atoms with Crippen LogP contribution in [0.3, 0.4) is 0 Å². The van der Waals surface area contributed by atoms with Crippen molar-refractivity contribution in [3.8, 4) is 11.1 Å². The van der Waals surface area contributed by atoms with Crippen LogP contribution in [0.15, 0.2) is 104 Å². The molecule has 0 bridgehead atoms. The van der Waals surface area contributed by atoms with Crippen LogP contribution in [0, 0.1) is 0 Å². The van der Waals surface area contributed by atoms with Crippen molar-refractivity contribution in [3.63, 3.8) is 0 Å². The third-order valence-corrected chi connectivity index (χ3v) is 6.06. The Morgan fingerprint density at radius 2 is 1.76 bits per heavy atom. The maximum Gasteiger partial charge on any atom is 0.133 e. The van der Waals surface area contributed by atoms with Crippen molar-refractivity contribution in [2.45, 2.75) is 6.54 Å². The van der Waals surface area contributed by atoms with Crippen molar-refractivity contribution in [1.29, 1.82) is 0 Å². The molecule has 6 rings (SSSR count). The third kappa shape index (κ3) is 3.65. The van der Waals surface area contributed by atoms with Gasteiger partial charge in [-0.15, -0.1) is 0 Å². The number of hydrogen-bond donors (Lipinski definition) is 0. The van der Waals surface area contributed by atoms with E-state index in [1.54, 1.807) is 18.6 Å². The standard InChI is InChI=1S/C28H22N6/c1-33-14-9-21-7-8-22(15-26(21)33)24-16-23(17-25-28(24)32-13-12-30-25)34(27-6-2-3-11-31-27)19-20-5-4-10-29-18-20/h2-18H,19H2,1H3. The van der Waals surface area contributed by atoms with E-state index in [1.165, 1.54) is 10.9 Å². The minimum absolute atomic E-state index is 0.632. The van der Waals surface area contributed by atoms with Crippen LogP contribution in [0.4, 0.5) is 11.5 Å². The van der Waals surface area contributed by atoms with Crippen LogP contribution < -0.4 is 4.90 Å². The van der Waals surface area contributed by atoms with Gasteiger partial charge in [0.1, 0.15) is 5.82 Å². The van der Waals surface area contributed by atoms with Crippen molar-refractivity contribution in [2.24, 2.45) is 7.05 Å². The molecule has 0 aliphatic carbocycles. The molecule has 0 N–H and O–H groups in total. The fourth-order valence-corrected chi connectivity index (χ4v) is 4.36. The summed E-state index contributed by atoms with van der Waals surface area (Å²) in [7, 11) is 2.07. The molecule has 6 aromatic rings. The Hall–Kier alpha value is -4.58. The van der Waals surface area contributed by atoms with Gasteiger partial charge < -0.3 is 9.47 Å². The Kier molecular flexibility index (Phi) is 4.96. The summed E-state index contributed by atoms with van der Waals surface area (Å²) >= 11 is 0. The van der Waals surface area contributed by atoms with Crippen LogP contribution in [0.2, 0.25) is 0 Å². The molecule has 2 aromatic carbocycles. The molecular weight excluding hydrogens is 420 g/mol. The van der Waals surface area contributed by atoms with Gasteiger partial charge >= 0.3 is 0 Å². The summed E-state index contributed by atoms with van der Waals surface area (Å²) in [4.78, 5) is 20.5. The van der Waals surface area contributed by atoms with E-state index >= 15 is 0 Å². The van der Waals surface area contributed by atoms with Crippen molar-refractivity contribution in [1.82, 2.24) is 24.5 Å². The fourth-order valence-electron chi connectivity index (χ4n) is 4.36. The second-order valence-corrected chi connectivity index (χ2v) is 8.25. The molecule has 0 fully saturated rings. The first kappa shape index (κ1) is 20.1. The number of benzene rings is 2. The lowest BCUT2D eigenvalue weighted by Crippen LogP contribution is -2.18. The lowest BCUT2D eigenvalue weighted by molar-refractivity contribution is 0.939. The zero-order chi connectivity index (χ0) is 22.9. The van der Waals surface area contributed by atoms with E-state index in [1.807, 2.05) is 36.7 Å². The molecule has 0 radical (unpaired) electrons. The van der Waals surface area contributed by atoms with E-state index in [0.717, 1.165) is 39.2 Å². The SMILES string of the molecule is Cn1ccc2ccc(-c3cc(N(Cc4cccnc4)c4ccccn4)cc4nccnc34)cc21. The zero-order valence-electron chi connectivity index (χ0n) is 18.7. The smallest absolute Gasteiger partial charge is 0.133 e. The lowest BCUT2D eigenvalue weighted by atomic mass is 10.0. The summed E-state index contributed by atoms with van der Waals surface area (Å²) in [6.45, 7) is 0.632. The maximum atomic E-state index is 4.69. The number of aryl methyl sites for hydroxylation is 1. The molecular formula is C28H22N6. The highest BCUT2D eigenvalue weighted by molar-refractivity contribution is 5.97. The van der Waals surface area contributed by atoms with Crippen LogP contribution in [-0.2, 0) is 13.6 Å². The van der Waals surface area contributed by atoms with Crippen LogP contribution in [0.25, 0.3) is 33.1 Å². The number of anilines is 2. The Bertz CT molecular complexity index is 1590. The molecule has 0 amide bonds. The predicted molar refractivity (Wildman–Crippen MR) is 136 cm³/mol. The molecule has 6 nitrogen and oxygen atoms in total. The van der Waals surface area contributed by atoms with Gasteiger partial charge in [-0.25, -0.2) is 4.98 Å². The minimum atomic E-state index is 0.632. The number of fused-ring (bicyclic) bond motifs is 2. The highest BCUT2D eigenvalue weighted by atomic mass is 15.2. The maximum absolute atomic E-state index is 4.69. The zero-order valence-corrected chi connectivity index (χ0v) is 18.7. The molecule has 0 unspecified atom stereocenters. The molecule has 164 valence electrons. The number of rotatable bonds is 5. The molecule has 4 heterocycles. The first-order chi connectivity index (χ1) is 16.8. The van der Waals surface area contributed by atoms with E-state index in [-0.39, 0.29) is 0 Å². The Labute approximate surface area is 197 Å². The highest BCUT2D eigenvalue weighted by Gasteiger charge is 2.17. The summed E-state index contributed by atoms with van der Waals surface area (Å²) in [6.07, 6.45) is 11.1. The van der Waals surface area contributed by atoms with Gasteiger partial charge in [0.2, 0.25) is 0 Å². The second-order valence-electron chi connectivity index (χ2n) is 8.25. The molecule has 0 saturated heterocycles. The van der Waals surface area contributed by atoms with Gasteiger partial charge in [0.05, 0.1) is 17.6 Å². The van der Waals surface area contributed by atoms with E-state index in [9.17, 15) is 0 Å². The average Bonchev–Trinajstić information content (AvgIpc) is 3.27. The van der Waals surface area contributed by atoms with Crippen LogP contribution in [0.1, 0.15) is 5.56 Å². The number of nitrogens with zero attached hydrogens (tertiary/aromatic N) is 6. The van der Waals surface area contributed by atoms with Gasteiger partial charge in [-0.1, -0.05) is 24.3 Å². The molecule has 34 heavy (non-hydrogen) atoms. The molecule has 6 heteroatoms. The normalized spacial score (nSPS) is 11.2. The second kappa shape index (κ2) is 8.41. The summed E-state index contributed by atoms with van der Waals surface area (Å²) in [5.74, 6) is 0.860. The monoisotopic (exact) mass is 442 g/mol. The fraction of sp³-hybridized carbons (Fsp3) is 0.0714. The van der Waals surface area contributed by atoms with Gasteiger partial charge in [-0.05, 0) is 59.0 Å². The van der Waals surface area contributed by atoms with E-state index in [0.29, 0.717) is 6.54 Å². The number of aromatic nitrogens is 5. The minimum Gasteiger partial charge on any atom is -0.351 e.